The second kappa shape index (κ2) is 4.94. The van der Waals surface area contributed by atoms with Gasteiger partial charge in [0.25, 0.3) is 5.88 Å². The number of aromatic nitrogens is 1. The first-order valence-electron chi connectivity index (χ1n) is 3.09. The lowest BCUT2D eigenvalue weighted by molar-refractivity contribution is 0.371. The molecule has 0 aliphatic carbocycles. The summed E-state index contributed by atoms with van der Waals surface area (Å²) in [6.07, 6.45) is 1.43. The van der Waals surface area contributed by atoms with Crippen LogP contribution in [0.4, 0.5) is 0 Å². The molecular formula is C5H5NO5P2+2. The minimum Gasteiger partial charge on any atom is -0.217 e. The third-order valence-electron chi connectivity index (χ3n) is 0.942. The molecule has 0 fully saturated rings. The van der Waals surface area contributed by atoms with E-state index in [1.807, 2.05) is 0 Å². The van der Waals surface area contributed by atoms with Crippen LogP contribution in [0.2, 0.25) is 0 Å². The van der Waals surface area contributed by atoms with Crippen LogP contribution < -0.4 is 4.52 Å². The summed E-state index contributed by atoms with van der Waals surface area (Å²) in [5.74, 6) is 0.0699. The number of nitrogens with zero attached hydrogens (tertiary/aromatic N) is 1. The molecule has 0 aromatic carbocycles. The molecule has 0 aliphatic heterocycles. The Morgan fingerprint density at radius 2 is 2.15 bits per heavy atom. The fourth-order valence-corrected chi connectivity index (χ4v) is 1.40. The lowest BCUT2D eigenvalue weighted by Gasteiger charge is -1.85. The molecular weight excluding hydrogens is 216 g/mol. The van der Waals surface area contributed by atoms with Crippen molar-refractivity contribution in [3.63, 3.8) is 0 Å². The van der Waals surface area contributed by atoms with Gasteiger partial charge in [-0.05, 0) is 6.07 Å². The van der Waals surface area contributed by atoms with Crippen molar-refractivity contribution in [2.24, 2.45) is 0 Å². The molecule has 1 N–H and O–H groups in total. The molecule has 1 heterocycles. The summed E-state index contributed by atoms with van der Waals surface area (Å²) in [4.78, 5) is 11.9. The molecule has 8 heteroatoms. The maximum atomic E-state index is 10.7. The maximum Gasteiger partial charge on any atom is 0.802 e. The zero-order chi connectivity index (χ0) is 9.68. The molecule has 0 radical (unpaired) electrons. The number of hydrogen-bond acceptors (Lipinski definition) is 5. The Hall–Kier alpha value is -0.930. The predicted octanol–water partition coefficient (Wildman–Crippen LogP) is 1.78. The van der Waals surface area contributed by atoms with Crippen LogP contribution in [0.5, 0.6) is 5.88 Å². The van der Waals surface area contributed by atoms with E-state index in [2.05, 4.69) is 13.8 Å². The van der Waals surface area contributed by atoms with Crippen LogP contribution in [-0.4, -0.2) is 9.88 Å². The normalized spacial score (nSPS) is 12.1. The van der Waals surface area contributed by atoms with Crippen LogP contribution >= 0.6 is 16.5 Å². The van der Waals surface area contributed by atoms with Crippen molar-refractivity contribution in [1.29, 1.82) is 0 Å². The zero-order valence-corrected chi connectivity index (χ0v) is 8.02. The molecule has 0 aliphatic rings. The third kappa shape index (κ3) is 4.01. The first-order chi connectivity index (χ1) is 6.18. The van der Waals surface area contributed by atoms with Crippen LogP contribution in [0.25, 0.3) is 0 Å². The molecule has 1 aromatic heterocycles. The minimum absolute atomic E-state index is 0.0699. The number of rotatable bonds is 4. The van der Waals surface area contributed by atoms with E-state index in [0.29, 0.717) is 0 Å². The molecule has 0 amide bonds. The largest absolute Gasteiger partial charge is 0.802 e. The Balaban J connectivity index is 2.50. The van der Waals surface area contributed by atoms with Gasteiger partial charge in [-0.15, -0.1) is 4.89 Å². The van der Waals surface area contributed by atoms with Crippen molar-refractivity contribution in [1.82, 2.24) is 4.98 Å². The van der Waals surface area contributed by atoms with Crippen molar-refractivity contribution >= 4 is 16.5 Å². The Morgan fingerprint density at radius 1 is 1.38 bits per heavy atom. The SMILES string of the molecule is O=[P+](O)O[P+](=O)Oc1ccccn1. The summed E-state index contributed by atoms with van der Waals surface area (Å²) >= 11 is 0. The molecule has 68 valence electrons. The van der Waals surface area contributed by atoms with Gasteiger partial charge in [-0.3, -0.25) is 0 Å². The average Bonchev–Trinajstić information content (AvgIpc) is 2.04. The van der Waals surface area contributed by atoms with E-state index in [-0.39, 0.29) is 5.88 Å². The summed E-state index contributed by atoms with van der Waals surface area (Å²) in [6, 6.07) is 4.71. The van der Waals surface area contributed by atoms with E-state index in [0.717, 1.165) is 0 Å². The topological polar surface area (TPSA) is 85.7 Å². The molecule has 0 bridgehead atoms. The van der Waals surface area contributed by atoms with Gasteiger partial charge in [0, 0.05) is 21.4 Å². The van der Waals surface area contributed by atoms with Crippen molar-refractivity contribution in [2.75, 3.05) is 0 Å². The van der Waals surface area contributed by atoms with E-state index in [4.69, 9.17) is 4.89 Å². The third-order valence-corrected chi connectivity index (χ3v) is 2.37. The number of pyridine rings is 1. The summed E-state index contributed by atoms with van der Waals surface area (Å²) in [5, 5.41) is 0. The van der Waals surface area contributed by atoms with Crippen molar-refractivity contribution in [2.45, 2.75) is 0 Å². The maximum absolute atomic E-state index is 10.7. The lowest BCUT2D eigenvalue weighted by Crippen LogP contribution is -1.84. The Kier molecular flexibility index (Phi) is 3.86. The van der Waals surface area contributed by atoms with E-state index < -0.39 is 16.5 Å². The van der Waals surface area contributed by atoms with E-state index in [9.17, 15) is 9.13 Å². The van der Waals surface area contributed by atoms with Crippen LogP contribution in [0.3, 0.4) is 0 Å². The summed E-state index contributed by atoms with van der Waals surface area (Å²) in [5.41, 5.74) is 0. The summed E-state index contributed by atoms with van der Waals surface area (Å²) < 4.78 is 29.3. The van der Waals surface area contributed by atoms with Gasteiger partial charge in [-0.2, -0.15) is 0 Å². The van der Waals surface area contributed by atoms with Gasteiger partial charge < -0.3 is 0 Å². The first kappa shape index (κ1) is 10.2. The highest BCUT2D eigenvalue weighted by molar-refractivity contribution is 7.47. The fraction of sp³-hybridized carbons (Fsp3) is 0. The van der Waals surface area contributed by atoms with Crippen LogP contribution in [0, 0.1) is 0 Å². The summed E-state index contributed by atoms with van der Waals surface area (Å²) in [6.45, 7) is 0. The molecule has 1 rings (SSSR count). The highest BCUT2D eigenvalue weighted by atomic mass is 31.2. The van der Waals surface area contributed by atoms with Gasteiger partial charge in [0.15, 0.2) is 4.31 Å². The highest BCUT2D eigenvalue weighted by Crippen LogP contribution is 2.36. The average molecular weight is 221 g/mol. The smallest absolute Gasteiger partial charge is 0.217 e. The van der Waals surface area contributed by atoms with E-state index in [1.165, 1.54) is 12.3 Å². The molecule has 13 heavy (non-hydrogen) atoms. The van der Waals surface area contributed by atoms with Crippen molar-refractivity contribution < 1.29 is 22.9 Å². The Labute approximate surface area is 75.4 Å². The number of hydrogen-bond donors (Lipinski definition) is 1. The van der Waals surface area contributed by atoms with E-state index in [1.54, 1.807) is 12.1 Å². The Morgan fingerprint density at radius 3 is 2.69 bits per heavy atom. The second-order valence-electron chi connectivity index (χ2n) is 1.80. The van der Waals surface area contributed by atoms with Crippen molar-refractivity contribution in [3.05, 3.63) is 24.4 Å². The second-order valence-corrected chi connectivity index (χ2v) is 3.56. The molecule has 1 aromatic rings. The molecule has 2 atom stereocenters. The predicted molar refractivity (Wildman–Crippen MR) is 43.4 cm³/mol. The van der Waals surface area contributed by atoms with Gasteiger partial charge >= 0.3 is 16.5 Å². The van der Waals surface area contributed by atoms with Gasteiger partial charge in [-0.1, -0.05) is 6.07 Å². The highest BCUT2D eigenvalue weighted by Gasteiger charge is 2.38. The van der Waals surface area contributed by atoms with Crippen LogP contribution in [0.15, 0.2) is 24.4 Å². The fourth-order valence-electron chi connectivity index (χ4n) is 0.551. The zero-order valence-electron chi connectivity index (χ0n) is 6.23. The minimum atomic E-state index is -2.92. The molecule has 0 saturated carbocycles. The standard InChI is InChI=1S/C5H4NO5P2/c7-12(8)11-13(9)10-5-3-1-2-4-6-5/h1-4H/q+1/p+1. The van der Waals surface area contributed by atoms with Gasteiger partial charge in [0.2, 0.25) is 0 Å². The molecule has 0 saturated heterocycles. The van der Waals surface area contributed by atoms with Gasteiger partial charge in [0.1, 0.15) is 0 Å². The van der Waals surface area contributed by atoms with Crippen LogP contribution in [0.1, 0.15) is 0 Å². The molecule has 0 spiro atoms. The van der Waals surface area contributed by atoms with Crippen LogP contribution in [-0.2, 0) is 13.4 Å². The lowest BCUT2D eigenvalue weighted by atomic mass is 10.5. The first-order valence-corrected chi connectivity index (χ1v) is 5.31. The Bertz CT molecular complexity index is 316. The quantitative estimate of drug-likeness (QED) is 0.779. The van der Waals surface area contributed by atoms with Gasteiger partial charge in [-0.25, -0.2) is 9.51 Å². The van der Waals surface area contributed by atoms with Crippen molar-refractivity contribution in [3.8, 4) is 5.88 Å². The van der Waals surface area contributed by atoms with Gasteiger partial charge in [0.05, 0.1) is 0 Å². The monoisotopic (exact) mass is 221 g/mol. The molecule has 6 nitrogen and oxygen atoms in total. The summed E-state index contributed by atoms with van der Waals surface area (Å²) in [7, 11) is -5.57. The molecule has 2 unspecified atom stereocenters. The van der Waals surface area contributed by atoms with E-state index >= 15 is 0 Å².